The molecule has 1 heterocycles. The number of nitrogens with zero attached hydrogens (tertiary/aromatic N) is 3. The summed E-state index contributed by atoms with van der Waals surface area (Å²) in [6.45, 7) is 8.12. The summed E-state index contributed by atoms with van der Waals surface area (Å²) in [5.74, 6) is 1.05. The molecule has 0 aliphatic carbocycles. The van der Waals surface area contributed by atoms with E-state index in [1.54, 1.807) is 13.1 Å². The number of hydrogen-bond acceptors (Lipinski definition) is 3. The molecule has 0 unspecified atom stereocenters. The van der Waals surface area contributed by atoms with E-state index in [0.29, 0.717) is 35.6 Å². The maximum atomic E-state index is 13.9. The van der Waals surface area contributed by atoms with Gasteiger partial charge in [0.25, 0.3) is 0 Å². The first kappa shape index (κ1) is 19.2. The van der Waals surface area contributed by atoms with Crippen molar-refractivity contribution in [2.24, 2.45) is 10.9 Å². The highest BCUT2D eigenvalue weighted by Crippen LogP contribution is 2.12. The predicted octanol–water partition coefficient (Wildman–Crippen LogP) is 2.48. The number of nitriles is 1. The third-order valence-electron chi connectivity index (χ3n) is 4.40. The minimum absolute atomic E-state index is 0.299. The Bertz CT molecular complexity index is 627. The molecule has 0 radical (unpaired) electrons. The van der Waals surface area contributed by atoms with Crippen molar-refractivity contribution < 1.29 is 4.39 Å². The zero-order valence-electron chi connectivity index (χ0n) is 15.3. The zero-order chi connectivity index (χ0) is 18.2. The van der Waals surface area contributed by atoms with Gasteiger partial charge in [0.05, 0.1) is 11.6 Å². The average molecular weight is 345 g/mol. The monoisotopic (exact) mass is 345 g/mol. The van der Waals surface area contributed by atoms with E-state index in [0.717, 1.165) is 32.5 Å². The lowest BCUT2D eigenvalue weighted by Crippen LogP contribution is -2.49. The second-order valence-electron chi connectivity index (χ2n) is 6.96. The van der Waals surface area contributed by atoms with Gasteiger partial charge in [-0.3, -0.25) is 4.99 Å². The Balaban J connectivity index is 1.83. The molecule has 0 bridgehead atoms. The lowest BCUT2D eigenvalue weighted by molar-refractivity contribution is 0.187. The van der Waals surface area contributed by atoms with Crippen LogP contribution >= 0.6 is 0 Å². The quantitative estimate of drug-likeness (QED) is 0.636. The minimum atomic E-state index is -0.316. The Morgan fingerprint density at radius 2 is 2.12 bits per heavy atom. The van der Waals surface area contributed by atoms with Gasteiger partial charge in [0, 0.05) is 44.8 Å². The van der Waals surface area contributed by atoms with Crippen LogP contribution in [0.5, 0.6) is 0 Å². The van der Waals surface area contributed by atoms with Crippen LogP contribution in [0, 0.1) is 23.1 Å². The Morgan fingerprint density at radius 3 is 2.72 bits per heavy atom. The smallest absolute Gasteiger partial charge is 0.191 e. The van der Waals surface area contributed by atoms with Crippen LogP contribution in [0.15, 0.2) is 23.2 Å². The number of piperidine rings is 1. The van der Waals surface area contributed by atoms with Crippen molar-refractivity contribution in [3.05, 3.63) is 35.1 Å². The number of aliphatic imine (C=N–C) groups is 1. The van der Waals surface area contributed by atoms with Crippen molar-refractivity contribution in [3.63, 3.8) is 0 Å². The summed E-state index contributed by atoms with van der Waals surface area (Å²) in [4.78, 5) is 6.73. The summed E-state index contributed by atoms with van der Waals surface area (Å²) in [5, 5.41) is 15.5. The number of hydrogen-bond donors (Lipinski definition) is 2. The Morgan fingerprint density at radius 1 is 1.40 bits per heavy atom. The molecule has 0 aromatic heterocycles. The van der Waals surface area contributed by atoms with E-state index in [1.807, 2.05) is 6.07 Å². The van der Waals surface area contributed by atoms with Crippen molar-refractivity contribution in [2.75, 3.05) is 26.7 Å². The van der Waals surface area contributed by atoms with Crippen LogP contribution < -0.4 is 10.6 Å². The molecule has 1 fully saturated rings. The molecule has 5 nitrogen and oxygen atoms in total. The van der Waals surface area contributed by atoms with E-state index in [-0.39, 0.29) is 5.82 Å². The molecule has 25 heavy (non-hydrogen) atoms. The minimum Gasteiger partial charge on any atom is -0.354 e. The van der Waals surface area contributed by atoms with Gasteiger partial charge in [-0.15, -0.1) is 0 Å². The van der Waals surface area contributed by atoms with Gasteiger partial charge < -0.3 is 15.5 Å². The average Bonchev–Trinajstić information content (AvgIpc) is 2.60. The molecule has 2 rings (SSSR count). The second-order valence-corrected chi connectivity index (χ2v) is 6.96. The van der Waals surface area contributed by atoms with Crippen molar-refractivity contribution in [1.29, 1.82) is 5.26 Å². The van der Waals surface area contributed by atoms with Crippen molar-refractivity contribution in [3.8, 4) is 6.07 Å². The highest BCUT2D eigenvalue weighted by molar-refractivity contribution is 5.80. The van der Waals surface area contributed by atoms with Crippen molar-refractivity contribution >= 4 is 5.96 Å². The van der Waals surface area contributed by atoms with Gasteiger partial charge >= 0.3 is 0 Å². The highest BCUT2D eigenvalue weighted by atomic mass is 19.1. The fourth-order valence-electron chi connectivity index (χ4n) is 3.12. The molecule has 1 saturated heterocycles. The van der Waals surface area contributed by atoms with Gasteiger partial charge in [-0.2, -0.15) is 5.26 Å². The standard InChI is InChI=1S/C19H28FN5/c1-14(2)13-25-8-6-17(7-9-25)24-19(22-3)23-12-16-10-15(11-21)4-5-18(16)20/h4-5,10,14,17H,6-9,12-13H2,1-3H3,(H2,22,23,24). The molecule has 2 N–H and O–H groups in total. The summed E-state index contributed by atoms with van der Waals surface area (Å²) in [6.07, 6.45) is 2.15. The van der Waals surface area contributed by atoms with E-state index in [2.05, 4.69) is 34.4 Å². The molecular formula is C19H28FN5. The van der Waals surface area contributed by atoms with Crippen molar-refractivity contribution in [1.82, 2.24) is 15.5 Å². The van der Waals surface area contributed by atoms with E-state index >= 15 is 0 Å². The van der Waals surface area contributed by atoms with Gasteiger partial charge in [0.1, 0.15) is 5.82 Å². The third-order valence-corrected chi connectivity index (χ3v) is 4.40. The first-order chi connectivity index (χ1) is 12.0. The lowest BCUT2D eigenvalue weighted by Gasteiger charge is -2.34. The SMILES string of the molecule is CN=C(NCc1cc(C#N)ccc1F)NC1CCN(CC(C)C)CC1. The largest absolute Gasteiger partial charge is 0.354 e. The topological polar surface area (TPSA) is 63.5 Å². The van der Waals surface area contributed by atoms with E-state index in [1.165, 1.54) is 12.1 Å². The van der Waals surface area contributed by atoms with E-state index in [9.17, 15) is 4.39 Å². The molecule has 1 aromatic carbocycles. The molecule has 0 spiro atoms. The first-order valence-corrected chi connectivity index (χ1v) is 8.90. The summed E-state index contributed by atoms with van der Waals surface area (Å²) in [5.41, 5.74) is 0.924. The molecule has 0 saturated carbocycles. The number of nitrogens with one attached hydrogen (secondary N) is 2. The molecule has 136 valence electrons. The summed E-state index contributed by atoms with van der Waals surface area (Å²) < 4.78 is 13.9. The molecule has 6 heteroatoms. The molecule has 0 amide bonds. The van der Waals surface area contributed by atoms with Gasteiger partial charge in [-0.1, -0.05) is 13.8 Å². The highest BCUT2D eigenvalue weighted by Gasteiger charge is 2.20. The molecule has 1 aliphatic rings. The fourth-order valence-corrected chi connectivity index (χ4v) is 3.12. The fraction of sp³-hybridized carbons (Fsp3) is 0.579. The molecule has 0 atom stereocenters. The summed E-state index contributed by atoms with van der Waals surface area (Å²) in [7, 11) is 1.71. The van der Waals surface area contributed by atoms with Crippen LogP contribution in [-0.4, -0.2) is 43.6 Å². The van der Waals surface area contributed by atoms with Crippen LogP contribution in [-0.2, 0) is 6.54 Å². The van der Waals surface area contributed by atoms with Crippen LogP contribution in [0.25, 0.3) is 0 Å². The van der Waals surface area contributed by atoms with E-state index < -0.39 is 0 Å². The van der Waals surface area contributed by atoms with Crippen molar-refractivity contribution in [2.45, 2.75) is 39.3 Å². The van der Waals surface area contributed by atoms with Gasteiger partial charge in [-0.05, 0) is 37.0 Å². The molecule has 1 aromatic rings. The Labute approximate surface area is 149 Å². The predicted molar refractivity (Wildman–Crippen MR) is 98.7 cm³/mol. The summed E-state index contributed by atoms with van der Waals surface area (Å²) in [6, 6.07) is 6.80. The number of benzene rings is 1. The Hall–Kier alpha value is -2.13. The van der Waals surface area contributed by atoms with Gasteiger partial charge in [0.15, 0.2) is 5.96 Å². The lowest BCUT2D eigenvalue weighted by atomic mass is 10.0. The molecule has 1 aliphatic heterocycles. The van der Waals surface area contributed by atoms with Gasteiger partial charge in [0.2, 0.25) is 0 Å². The van der Waals surface area contributed by atoms with Gasteiger partial charge in [-0.25, -0.2) is 4.39 Å². The second kappa shape index (κ2) is 9.38. The summed E-state index contributed by atoms with van der Waals surface area (Å²) >= 11 is 0. The number of rotatable bonds is 5. The van der Waals surface area contributed by atoms with Crippen LogP contribution in [0.3, 0.4) is 0 Å². The first-order valence-electron chi connectivity index (χ1n) is 8.90. The maximum absolute atomic E-state index is 13.9. The third kappa shape index (κ3) is 6.02. The number of guanidine groups is 1. The van der Waals surface area contributed by atoms with Crippen LogP contribution in [0.4, 0.5) is 4.39 Å². The van der Waals surface area contributed by atoms with Crippen LogP contribution in [0.1, 0.15) is 37.8 Å². The van der Waals surface area contributed by atoms with E-state index in [4.69, 9.17) is 5.26 Å². The number of halogens is 1. The molecular weight excluding hydrogens is 317 g/mol. The zero-order valence-corrected chi connectivity index (χ0v) is 15.3. The van der Waals surface area contributed by atoms with Crippen LogP contribution in [0.2, 0.25) is 0 Å². The Kier molecular flexibility index (Phi) is 7.20. The normalized spacial score (nSPS) is 16.7. The maximum Gasteiger partial charge on any atom is 0.191 e. The number of likely N-dealkylation sites (tertiary alicyclic amines) is 1.